The monoisotopic (exact) mass is 263 g/mol. The summed E-state index contributed by atoms with van der Waals surface area (Å²) in [6.45, 7) is 0. The van der Waals surface area contributed by atoms with Gasteiger partial charge in [-0.1, -0.05) is 6.07 Å². The minimum atomic E-state index is -0.888. The van der Waals surface area contributed by atoms with E-state index in [0.717, 1.165) is 24.1 Å². The molecule has 5 heteroatoms. The van der Waals surface area contributed by atoms with Gasteiger partial charge in [-0.3, -0.25) is 0 Å². The fourth-order valence-corrected chi connectivity index (χ4v) is 2.24. The van der Waals surface area contributed by atoms with Crippen LogP contribution in [-0.4, -0.2) is 20.6 Å². The van der Waals surface area contributed by atoms with Crippen molar-refractivity contribution < 1.29 is 39.5 Å². The van der Waals surface area contributed by atoms with Gasteiger partial charge in [0.15, 0.2) is 0 Å². The SMILES string of the molecule is O=C(O)c1ccc2c(c1)C=C(n1ccnc1)CC2.[Na+]. The second kappa shape index (κ2) is 5.74. The Balaban J connectivity index is 0.00000133. The Hall–Kier alpha value is -1.36. The van der Waals surface area contributed by atoms with Crippen molar-refractivity contribution >= 4 is 17.7 Å². The van der Waals surface area contributed by atoms with Crippen LogP contribution in [0.25, 0.3) is 11.8 Å². The molecule has 2 aromatic rings. The van der Waals surface area contributed by atoms with Gasteiger partial charge in [-0.25, -0.2) is 9.78 Å². The average Bonchev–Trinajstić information content (AvgIpc) is 2.91. The van der Waals surface area contributed by atoms with Crippen molar-refractivity contribution in [2.45, 2.75) is 12.8 Å². The molecule has 4 nitrogen and oxygen atoms in total. The van der Waals surface area contributed by atoms with E-state index in [1.54, 1.807) is 24.7 Å². The minimum Gasteiger partial charge on any atom is -0.478 e. The number of imidazole rings is 1. The number of aryl methyl sites for hydroxylation is 1. The predicted molar refractivity (Wildman–Crippen MR) is 68.1 cm³/mol. The molecule has 0 bridgehead atoms. The standard InChI is InChI=1S/C14H12N2O2.Na/c17-14(18)11-2-1-10-3-4-13(8-12(10)7-11)16-6-5-15-9-16;/h1-2,5-9H,3-4H2,(H,17,18);/q;+1. The van der Waals surface area contributed by atoms with Gasteiger partial charge in [0, 0.05) is 18.1 Å². The Labute approximate surface area is 133 Å². The number of benzene rings is 1. The van der Waals surface area contributed by atoms with Gasteiger partial charge in [0.1, 0.15) is 0 Å². The topological polar surface area (TPSA) is 55.1 Å². The van der Waals surface area contributed by atoms with Crippen molar-refractivity contribution in [3.8, 4) is 0 Å². The number of aromatic carboxylic acids is 1. The maximum absolute atomic E-state index is 11.0. The molecule has 0 aliphatic heterocycles. The number of hydrogen-bond donors (Lipinski definition) is 1. The summed E-state index contributed by atoms with van der Waals surface area (Å²) >= 11 is 0. The Bertz CT molecular complexity index is 633. The van der Waals surface area contributed by atoms with Crippen LogP contribution in [0.15, 0.2) is 36.9 Å². The molecule has 1 heterocycles. The summed E-state index contributed by atoms with van der Waals surface area (Å²) < 4.78 is 1.97. The van der Waals surface area contributed by atoms with E-state index in [1.165, 1.54) is 5.56 Å². The van der Waals surface area contributed by atoms with Crippen molar-refractivity contribution in [2.75, 3.05) is 0 Å². The average molecular weight is 263 g/mol. The van der Waals surface area contributed by atoms with Crippen LogP contribution >= 0.6 is 0 Å². The molecule has 19 heavy (non-hydrogen) atoms. The number of carboxylic acid groups (broad SMARTS) is 1. The van der Waals surface area contributed by atoms with Gasteiger partial charge in [0.25, 0.3) is 0 Å². The number of aromatic nitrogens is 2. The fourth-order valence-electron chi connectivity index (χ4n) is 2.24. The molecule has 0 atom stereocenters. The van der Waals surface area contributed by atoms with Crippen LogP contribution in [0.5, 0.6) is 0 Å². The maximum atomic E-state index is 11.0. The van der Waals surface area contributed by atoms with E-state index < -0.39 is 5.97 Å². The minimum absolute atomic E-state index is 0. The van der Waals surface area contributed by atoms with E-state index in [9.17, 15) is 4.79 Å². The van der Waals surface area contributed by atoms with E-state index in [2.05, 4.69) is 4.98 Å². The molecule has 0 unspecified atom stereocenters. The third-order valence-corrected chi connectivity index (χ3v) is 3.20. The summed E-state index contributed by atoms with van der Waals surface area (Å²) in [4.78, 5) is 15.0. The number of allylic oxidation sites excluding steroid dienone is 1. The molecular formula is C14H12N2NaO2+. The van der Waals surface area contributed by atoms with Gasteiger partial charge in [0.2, 0.25) is 0 Å². The van der Waals surface area contributed by atoms with Crippen molar-refractivity contribution in [1.82, 2.24) is 9.55 Å². The largest absolute Gasteiger partial charge is 1.00 e. The molecule has 0 fully saturated rings. The molecule has 1 aliphatic rings. The third kappa shape index (κ3) is 2.81. The number of hydrogen-bond acceptors (Lipinski definition) is 2. The van der Waals surface area contributed by atoms with Crippen molar-refractivity contribution in [3.63, 3.8) is 0 Å². The van der Waals surface area contributed by atoms with Gasteiger partial charge in [0.05, 0.1) is 11.9 Å². The molecule has 1 aromatic carbocycles. The number of rotatable bonds is 2. The predicted octanol–water partition coefficient (Wildman–Crippen LogP) is -0.470. The van der Waals surface area contributed by atoms with E-state index in [-0.39, 0.29) is 29.6 Å². The van der Waals surface area contributed by atoms with Crippen LogP contribution in [0.2, 0.25) is 0 Å². The van der Waals surface area contributed by atoms with Crippen LogP contribution in [0, 0.1) is 0 Å². The number of nitrogens with zero attached hydrogens (tertiary/aromatic N) is 2. The van der Waals surface area contributed by atoms with Crippen molar-refractivity contribution in [1.29, 1.82) is 0 Å². The first-order valence-electron chi connectivity index (χ1n) is 5.79. The second-order valence-electron chi connectivity index (χ2n) is 4.32. The summed E-state index contributed by atoms with van der Waals surface area (Å²) in [6, 6.07) is 5.30. The molecular weight excluding hydrogens is 251 g/mol. The third-order valence-electron chi connectivity index (χ3n) is 3.20. The summed E-state index contributed by atoms with van der Waals surface area (Å²) in [5.41, 5.74) is 3.66. The molecule has 0 saturated heterocycles. The quantitative estimate of drug-likeness (QED) is 0.745. The van der Waals surface area contributed by atoms with Crippen LogP contribution in [0.1, 0.15) is 27.9 Å². The molecule has 1 aliphatic carbocycles. The van der Waals surface area contributed by atoms with Crippen molar-refractivity contribution in [2.24, 2.45) is 0 Å². The van der Waals surface area contributed by atoms with Crippen LogP contribution in [0.4, 0.5) is 0 Å². The molecule has 3 rings (SSSR count). The van der Waals surface area contributed by atoms with Crippen LogP contribution in [-0.2, 0) is 6.42 Å². The molecule has 1 N–H and O–H groups in total. The zero-order valence-corrected chi connectivity index (χ0v) is 12.7. The normalized spacial score (nSPS) is 13.2. The Morgan fingerprint density at radius 2 is 2.16 bits per heavy atom. The van der Waals surface area contributed by atoms with Gasteiger partial charge in [-0.2, -0.15) is 0 Å². The Kier molecular flexibility index (Phi) is 4.24. The zero-order chi connectivity index (χ0) is 12.5. The molecule has 0 amide bonds. The first kappa shape index (κ1) is 14.1. The molecule has 0 saturated carbocycles. The first-order chi connectivity index (χ1) is 8.74. The molecule has 1 aromatic heterocycles. The fraction of sp³-hybridized carbons (Fsp3) is 0.143. The number of fused-ring (bicyclic) bond motifs is 1. The second-order valence-corrected chi connectivity index (χ2v) is 4.32. The van der Waals surface area contributed by atoms with E-state index >= 15 is 0 Å². The summed E-state index contributed by atoms with van der Waals surface area (Å²) in [6.07, 6.45) is 9.31. The van der Waals surface area contributed by atoms with E-state index in [4.69, 9.17) is 5.11 Å². The van der Waals surface area contributed by atoms with Gasteiger partial charge in [-0.05, 0) is 42.2 Å². The summed E-state index contributed by atoms with van der Waals surface area (Å²) in [5, 5.41) is 9.00. The zero-order valence-electron chi connectivity index (χ0n) is 10.7. The van der Waals surface area contributed by atoms with E-state index in [1.807, 2.05) is 22.9 Å². The molecule has 90 valence electrons. The van der Waals surface area contributed by atoms with E-state index in [0.29, 0.717) is 5.56 Å². The maximum Gasteiger partial charge on any atom is 1.00 e. The van der Waals surface area contributed by atoms with Crippen LogP contribution in [0.3, 0.4) is 0 Å². The first-order valence-corrected chi connectivity index (χ1v) is 5.79. The Morgan fingerprint density at radius 1 is 1.32 bits per heavy atom. The van der Waals surface area contributed by atoms with Gasteiger partial charge < -0.3 is 9.67 Å². The number of carboxylic acids is 1. The van der Waals surface area contributed by atoms with Gasteiger partial charge in [-0.15, -0.1) is 0 Å². The molecule has 0 spiro atoms. The smallest absolute Gasteiger partial charge is 0.478 e. The molecule has 0 radical (unpaired) electrons. The summed E-state index contributed by atoms with van der Waals surface area (Å²) in [5.74, 6) is -0.888. The van der Waals surface area contributed by atoms with Crippen molar-refractivity contribution in [3.05, 3.63) is 53.6 Å². The van der Waals surface area contributed by atoms with Gasteiger partial charge >= 0.3 is 35.5 Å². The summed E-state index contributed by atoms with van der Waals surface area (Å²) in [7, 11) is 0. The Morgan fingerprint density at radius 3 is 2.84 bits per heavy atom. The number of carbonyl (C=O) groups is 1. The van der Waals surface area contributed by atoms with Crippen LogP contribution < -0.4 is 29.6 Å².